The van der Waals surface area contributed by atoms with Crippen LogP contribution in [0.5, 0.6) is 0 Å². The summed E-state index contributed by atoms with van der Waals surface area (Å²) in [5, 5.41) is 42.7. The average molecular weight is 790 g/mol. The summed E-state index contributed by atoms with van der Waals surface area (Å²) in [4.78, 5) is 10.5. The lowest BCUT2D eigenvalue weighted by atomic mass is 10.1. The van der Waals surface area contributed by atoms with Crippen molar-refractivity contribution in [3.05, 3.63) is 95.5 Å². The lowest BCUT2D eigenvalue weighted by Gasteiger charge is -2.01. The summed E-state index contributed by atoms with van der Waals surface area (Å²) in [5.41, 5.74) is -10.4. The maximum atomic E-state index is 16.7. The summed E-state index contributed by atoms with van der Waals surface area (Å²) in [7, 11) is 0. The summed E-state index contributed by atoms with van der Waals surface area (Å²) in [6.07, 6.45) is 0. The molecule has 0 N–H and O–H groups in total. The lowest BCUT2D eigenvalue weighted by molar-refractivity contribution is 0.649. The SMILES string of the molecule is N#CC(=C1C(F)=c2c3c(c4c(c2=C1F)=C(F)C(=C(C#N)c1nc(C#N)c(F)s1)C=4F)=C(F)C(=C(C#N)c1nc(C#N)c(F)s1)C=3F)c1nc(C#N)c(F)s1. The van der Waals surface area contributed by atoms with Crippen molar-refractivity contribution in [3.8, 4) is 36.4 Å². The molecule has 1 aromatic carbocycles. The van der Waals surface area contributed by atoms with Crippen LogP contribution in [0, 0.1) is 83.4 Å². The first-order valence-corrected chi connectivity index (χ1v) is 16.3. The standard InChI is InChI=1S/C33F9N9S3/c34-22-13(7(1-43)31-49-10(4-46)28(40)52-31)23(35)17-16(22)18-20(26(38)14(24(18)36)8(2-44)32-50-11(5-47)29(41)53-32)21-19(17)25(37)15(27(21)39)9(3-45)33-51-12(6-48)30(42)54-33. The number of hydrogen-bond acceptors (Lipinski definition) is 12. The zero-order valence-corrected chi connectivity index (χ0v) is 27.6. The Balaban J connectivity index is 1.79. The number of allylic oxidation sites excluding steroid dienone is 6. The van der Waals surface area contributed by atoms with E-state index in [2.05, 4.69) is 15.0 Å². The smallest absolute Gasteiger partial charge is 0.215 e. The molecule has 258 valence electrons. The second kappa shape index (κ2) is 12.5. The maximum Gasteiger partial charge on any atom is 0.215 e. The van der Waals surface area contributed by atoms with Gasteiger partial charge in [0.05, 0.1) is 16.7 Å². The van der Waals surface area contributed by atoms with Crippen LogP contribution in [0.15, 0.2) is 16.7 Å². The van der Waals surface area contributed by atoms with E-state index in [1.54, 1.807) is 0 Å². The molecule has 0 atom stereocenters. The van der Waals surface area contributed by atoms with Gasteiger partial charge in [0.25, 0.3) is 0 Å². The second-order valence-corrected chi connectivity index (χ2v) is 13.3. The topological polar surface area (TPSA) is 181 Å². The quantitative estimate of drug-likeness (QED) is 0.222. The summed E-state index contributed by atoms with van der Waals surface area (Å²) < 4.78 is 143. The first-order valence-electron chi connectivity index (χ1n) is 13.9. The Morgan fingerprint density at radius 1 is 0.370 bits per heavy atom. The molecule has 0 radical (unpaired) electrons. The van der Waals surface area contributed by atoms with Crippen LogP contribution in [0.25, 0.3) is 51.7 Å². The van der Waals surface area contributed by atoms with Crippen molar-refractivity contribution in [1.29, 1.82) is 31.6 Å². The third kappa shape index (κ3) is 4.61. The van der Waals surface area contributed by atoms with E-state index in [0.29, 0.717) is 0 Å². The Labute approximate surface area is 302 Å². The summed E-state index contributed by atoms with van der Waals surface area (Å²) >= 11 is -0.0580. The maximum absolute atomic E-state index is 16.7. The number of hydrogen-bond donors (Lipinski definition) is 0. The van der Waals surface area contributed by atoms with Gasteiger partial charge >= 0.3 is 0 Å². The zero-order valence-electron chi connectivity index (χ0n) is 25.2. The number of nitrogens with zero attached hydrogens (tertiary/aromatic N) is 9. The van der Waals surface area contributed by atoms with E-state index in [9.17, 15) is 29.0 Å². The van der Waals surface area contributed by atoms with Crippen LogP contribution in [-0.2, 0) is 0 Å². The number of aromatic nitrogens is 3. The van der Waals surface area contributed by atoms with Gasteiger partial charge in [0.1, 0.15) is 103 Å². The minimum absolute atomic E-state index is 0.0193. The normalized spacial score (nSPS) is 13.9. The molecule has 0 saturated heterocycles. The molecule has 0 fully saturated rings. The molecule has 0 bridgehead atoms. The van der Waals surface area contributed by atoms with Gasteiger partial charge in [0.2, 0.25) is 15.4 Å². The van der Waals surface area contributed by atoms with Gasteiger partial charge < -0.3 is 0 Å². The molecule has 9 nitrogen and oxygen atoms in total. The Hall–Kier alpha value is -7.14. The molecule has 4 aromatic rings. The number of nitriles is 6. The zero-order chi connectivity index (χ0) is 39.1. The first kappa shape index (κ1) is 35.3. The summed E-state index contributed by atoms with van der Waals surface area (Å²) in [6, 6.07) is 8.12. The molecule has 0 unspecified atom stereocenters. The molecule has 3 aliphatic carbocycles. The van der Waals surface area contributed by atoms with Crippen LogP contribution in [0.1, 0.15) is 32.1 Å². The fourth-order valence-electron chi connectivity index (χ4n) is 5.83. The Morgan fingerprint density at radius 2 is 0.574 bits per heavy atom. The highest BCUT2D eigenvalue weighted by Gasteiger charge is 2.38. The van der Waals surface area contributed by atoms with Gasteiger partial charge in [-0.3, -0.25) is 0 Å². The van der Waals surface area contributed by atoms with Gasteiger partial charge in [-0.25, -0.2) is 41.3 Å². The molecular formula is C33F9N9S3. The summed E-state index contributed by atoms with van der Waals surface area (Å²) in [5.74, 6) is -11.6. The fourth-order valence-corrected chi connectivity index (χ4v) is 8.06. The highest BCUT2D eigenvalue weighted by atomic mass is 32.1. The second-order valence-electron chi connectivity index (χ2n) is 10.5. The molecule has 3 aliphatic rings. The van der Waals surface area contributed by atoms with E-state index in [0.717, 1.165) is 0 Å². The minimum atomic E-state index is -1.94. The van der Waals surface area contributed by atoms with Gasteiger partial charge in [0, 0.05) is 31.3 Å². The van der Waals surface area contributed by atoms with Crippen LogP contribution in [0.3, 0.4) is 0 Å². The molecule has 3 heterocycles. The van der Waals surface area contributed by atoms with Gasteiger partial charge in [-0.2, -0.15) is 44.7 Å². The third-order valence-electron chi connectivity index (χ3n) is 7.94. The summed E-state index contributed by atoms with van der Waals surface area (Å²) in [6.45, 7) is 0. The predicted molar refractivity (Wildman–Crippen MR) is 169 cm³/mol. The van der Waals surface area contributed by atoms with Gasteiger partial charge in [0.15, 0.2) is 17.1 Å². The molecule has 0 aliphatic heterocycles. The number of rotatable bonds is 3. The van der Waals surface area contributed by atoms with Crippen molar-refractivity contribution in [1.82, 2.24) is 15.0 Å². The molecule has 7 rings (SSSR count). The van der Waals surface area contributed by atoms with E-state index in [4.69, 9.17) is 15.8 Å². The molecule has 54 heavy (non-hydrogen) atoms. The molecule has 21 heteroatoms. The van der Waals surface area contributed by atoms with Crippen LogP contribution < -0.4 is 31.3 Å². The molecule has 0 spiro atoms. The average Bonchev–Trinajstić information content (AvgIpc) is 3.98. The number of halogens is 9. The fraction of sp³-hybridized carbons (Fsp3) is 0. The van der Waals surface area contributed by atoms with E-state index >= 15 is 26.3 Å². The Bertz CT molecular complexity index is 2850. The Kier molecular flexibility index (Phi) is 8.18. The molecule has 3 aromatic heterocycles. The first-order chi connectivity index (χ1) is 25.8. The predicted octanol–water partition coefficient (Wildman–Crippen LogP) is 3.53. The Morgan fingerprint density at radius 3 is 0.722 bits per heavy atom. The van der Waals surface area contributed by atoms with E-state index in [1.165, 1.54) is 36.4 Å². The van der Waals surface area contributed by atoms with Gasteiger partial charge in [-0.05, 0) is 0 Å². The highest BCUT2D eigenvalue weighted by Crippen LogP contribution is 2.39. The van der Waals surface area contributed by atoms with Crippen molar-refractivity contribution in [2.24, 2.45) is 0 Å². The number of thiazole rings is 3. The third-order valence-corrected chi connectivity index (χ3v) is 10.5. The van der Waals surface area contributed by atoms with Crippen molar-refractivity contribution < 1.29 is 39.5 Å². The number of benzene rings is 1. The van der Waals surface area contributed by atoms with E-state index in [-0.39, 0.29) is 34.0 Å². The van der Waals surface area contributed by atoms with Crippen LogP contribution in [0.4, 0.5) is 39.5 Å². The van der Waals surface area contributed by atoms with Crippen molar-refractivity contribution >= 4 is 85.7 Å². The van der Waals surface area contributed by atoms with Crippen molar-refractivity contribution in [2.75, 3.05) is 0 Å². The van der Waals surface area contributed by atoms with Crippen LogP contribution in [0.2, 0.25) is 0 Å². The molecular weight excluding hydrogens is 790 g/mol. The van der Waals surface area contributed by atoms with Crippen molar-refractivity contribution in [2.45, 2.75) is 0 Å². The van der Waals surface area contributed by atoms with Crippen molar-refractivity contribution in [3.63, 3.8) is 0 Å². The lowest BCUT2D eigenvalue weighted by Crippen LogP contribution is -2.64. The highest BCUT2D eigenvalue weighted by molar-refractivity contribution is 7.12. The van der Waals surface area contributed by atoms with Gasteiger partial charge in [-0.1, -0.05) is 34.0 Å². The van der Waals surface area contributed by atoms with Gasteiger partial charge in [-0.15, -0.1) is 0 Å². The monoisotopic (exact) mass is 789 g/mol. The van der Waals surface area contributed by atoms with E-state index in [1.807, 2.05) is 0 Å². The molecule has 0 saturated carbocycles. The van der Waals surface area contributed by atoms with Crippen LogP contribution in [-0.4, -0.2) is 15.0 Å². The minimum Gasteiger partial charge on any atom is -0.221 e. The molecule has 0 amide bonds. The van der Waals surface area contributed by atoms with Crippen LogP contribution >= 0.6 is 34.0 Å². The number of fused-ring (bicyclic) bond motifs is 6. The van der Waals surface area contributed by atoms with E-state index < -0.39 is 147 Å². The largest absolute Gasteiger partial charge is 0.221 e.